The molecule has 23 heavy (non-hydrogen) atoms. The maximum Gasteiger partial charge on any atom is 0.161 e. The van der Waals surface area contributed by atoms with E-state index in [-0.39, 0.29) is 0 Å². The second-order valence-electron chi connectivity index (χ2n) is 3.64. The maximum atomic E-state index is 6.50. The van der Waals surface area contributed by atoms with Crippen LogP contribution in [0.2, 0.25) is 0 Å². The first kappa shape index (κ1) is 21.8. The van der Waals surface area contributed by atoms with Gasteiger partial charge in [-0.05, 0) is 12.1 Å². The highest BCUT2D eigenvalue weighted by molar-refractivity contribution is 5.39. The zero-order valence-corrected chi connectivity index (χ0v) is 13.2. The first-order valence-corrected chi connectivity index (χ1v) is 6.12. The Morgan fingerprint density at radius 2 is 1.78 bits per heavy atom. The van der Waals surface area contributed by atoms with E-state index in [0.29, 0.717) is 6.61 Å². The lowest BCUT2D eigenvalue weighted by molar-refractivity contribution is 0.284. The topological polar surface area (TPSA) is 122 Å². The van der Waals surface area contributed by atoms with Gasteiger partial charge in [-0.1, -0.05) is 12.1 Å². The van der Waals surface area contributed by atoms with Gasteiger partial charge in [-0.25, -0.2) is 10.5 Å². The number of aryl methyl sites for hydroxylation is 1. The molecule has 2 aromatic rings. The molecule has 0 fully saturated rings. The molecule has 1 aromatic carbocycles. The van der Waals surface area contributed by atoms with Gasteiger partial charge in [0.2, 0.25) is 0 Å². The van der Waals surface area contributed by atoms with E-state index in [1.54, 1.807) is 18.0 Å². The second kappa shape index (κ2) is 14.9. The number of aromatic nitrogens is 2. The SMILES string of the molecule is C#N.C#N.C=NN.COc1ccccc1OCc1cnn(C)c1. The Morgan fingerprint density at radius 1 is 1.26 bits per heavy atom. The van der Waals surface area contributed by atoms with E-state index in [2.05, 4.69) is 35.9 Å². The summed E-state index contributed by atoms with van der Waals surface area (Å²) in [6, 6.07) is 7.59. The van der Waals surface area contributed by atoms with Crippen molar-refractivity contribution in [1.29, 1.82) is 10.5 Å². The summed E-state index contributed by atoms with van der Waals surface area (Å²) < 4.78 is 12.6. The smallest absolute Gasteiger partial charge is 0.161 e. The molecule has 2 N–H and O–H groups in total. The third-order valence-electron chi connectivity index (χ3n) is 2.22. The Balaban J connectivity index is 0. The number of nitriles is 2. The number of hydrazone groups is 1. The molecular weight excluding hydrogens is 296 g/mol. The number of nitrogens with zero attached hydrogens (tertiary/aromatic N) is 5. The summed E-state index contributed by atoms with van der Waals surface area (Å²) in [6.07, 6.45) is 3.71. The molecule has 2 rings (SSSR count). The summed E-state index contributed by atoms with van der Waals surface area (Å²) in [4.78, 5) is 0. The molecule has 0 atom stereocenters. The molecule has 0 radical (unpaired) electrons. The third kappa shape index (κ3) is 9.10. The van der Waals surface area contributed by atoms with E-state index in [1.807, 2.05) is 37.5 Å². The van der Waals surface area contributed by atoms with Crippen LogP contribution in [-0.2, 0) is 13.7 Å². The lowest BCUT2D eigenvalue weighted by atomic mass is 10.3. The molecule has 8 nitrogen and oxygen atoms in total. The van der Waals surface area contributed by atoms with Gasteiger partial charge in [0.1, 0.15) is 6.61 Å². The molecule has 0 aliphatic carbocycles. The number of hydrogen-bond acceptors (Lipinski definition) is 7. The number of hydrogen-bond donors (Lipinski definition) is 1. The van der Waals surface area contributed by atoms with Crippen molar-refractivity contribution in [3.05, 3.63) is 42.2 Å². The molecule has 0 aliphatic rings. The van der Waals surface area contributed by atoms with Crippen molar-refractivity contribution in [2.45, 2.75) is 6.61 Å². The number of methoxy groups -OCH3 is 1. The van der Waals surface area contributed by atoms with Gasteiger partial charge < -0.3 is 15.3 Å². The highest BCUT2D eigenvalue weighted by Crippen LogP contribution is 2.26. The fourth-order valence-corrected chi connectivity index (χ4v) is 1.45. The van der Waals surface area contributed by atoms with E-state index in [0.717, 1.165) is 17.1 Å². The van der Waals surface area contributed by atoms with Crippen LogP contribution in [0.25, 0.3) is 0 Å². The Bertz CT molecular complexity index is 586. The van der Waals surface area contributed by atoms with Crippen LogP contribution in [-0.4, -0.2) is 23.6 Å². The number of para-hydroxylation sites is 2. The molecule has 8 heteroatoms. The van der Waals surface area contributed by atoms with Gasteiger partial charge in [-0.3, -0.25) is 4.68 Å². The summed E-state index contributed by atoms with van der Waals surface area (Å²) in [5.74, 6) is 5.85. The predicted octanol–water partition coefficient (Wildman–Crippen LogP) is 1.85. The Morgan fingerprint density at radius 3 is 2.22 bits per heavy atom. The maximum absolute atomic E-state index is 6.50. The van der Waals surface area contributed by atoms with Crippen LogP contribution in [0, 0.1) is 23.7 Å². The quantitative estimate of drug-likeness (QED) is 0.521. The second-order valence-corrected chi connectivity index (χ2v) is 3.64. The lowest BCUT2D eigenvalue weighted by Crippen LogP contribution is -1.96. The summed E-state index contributed by atoms with van der Waals surface area (Å²) in [5, 5.41) is 19.8. The van der Waals surface area contributed by atoms with Gasteiger partial charge in [0.25, 0.3) is 0 Å². The van der Waals surface area contributed by atoms with Crippen molar-refractivity contribution in [3.63, 3.8) is 0 Å². The molecule has 0 spiro atoms. The average Bonchev–Trinajstić information content (AvgIpc) is 3.03. The van der Waals surface area contributed by atoms with Crippen LogP contribution in [0.1, 0.15) is 5.56 Å². The van der Waals surface area contributed by atoms with Crippen LogP contribution in [0.5, 0.6) is 11.5 Å². The summed E-state index contributed by atoms with van der Waals surface area (Å²) in [7, 11) is 3.51. The predicted molar refractivity (Wildman–Crippen MR) is 87.6 cm³/mol. The molecule has 0 unspecified atom stereocenters. The minimum Gasteiger partial charge on any atom is -0.493 e. The zero-order valence-electron chi connectivity index (χ0n) is 13.2. The van der Waals surface area contributed by atoms with Crippen molar-refractivity contribution in [2.24, 2.45) is 18.0 Å². The molecular formula is C15H20N6O2. The van der Waals surface area contributed by atoms with Crippen LogP contribution in [0.15, 0.2) is 41.8 Å². The molecule has 0 aliphatic heterocycles. The molecule has 0 bridgehead atoms. The van der Waals surface area contributed by atoms with E-state index in [1.165, 1.54) is 0 Å². The normalized spacial score (nSPS) is 7.74. The third-order valence-corrected chi connectivity index (χ3v) is 2.22. The molecule has 0 saturated carbocycles. The lowest BCUT2D eigenvalue weighted by Gasteiger charge is -2.08. The Hall–Kier alpha value is -3.52. The average molecular weight is 316 g/mol. The highest BCUT2D eigenvalue weighted by atomic mass is 16.5. The molecule has 0 amide bonds. The molecule has 0 saturated heterocycles. The van der Waals surface area contributed by atoms with Crippen LogP contribution >= 0.6 is 0 Å². The fourth-order valence-electron chi connectivity index (χ4n) is 1.45. The van der Waals surface area contributed by atoms with E-state index < -0.39 is 0 Å². The standard InChI is InChI=1S/C12H14N2O2.CH4N2.2CHN/c1-14-8-10(7-13-14)9-16-12-6-4-3-5-11(12)15-2;1-3-2;2*1-2/h3-8H,9H2,1-2H3;1-2H2;2*1H. The Kier molecular flexibility index (Phi) is 14.1. The zero-order chi connectivity index (χ0) is 18.1. The van der Waals surface area contributed by atoms with Crippen molar-refractivity contribution in [3.8, 4) is 24.6 Å². The number of rotatable bonds is 4. The summed E-state index contributed by atoms with van der Waals surface area (Å²) in [5.41, 5.74) is 1.04. The van der Waals surface area contributed by atoms with Crippen molar-refractivity contribution in [2.75, 3.05) is 7.11 Å². The molecule has 1 aromatic heterocycles. The van der Waals surface area contributed by atoms with Crippen molar-refractivity contribution >= 4 is 6.72 Å². The van der Waals surface area contributed by atoms with Gasteiger partial charge in [0, 0.05) is 38.7 Å². The van der Waals surface area contributed by atoms with Gasteiger partial charge in [0.15, 0.2) is 11.5 Å². The highest BCUT2D eigenvalue weighted by Gasteiger charge is 2.03. The summed E-state index contributed by atoms with van der Waals surface area (Å²) >= 11 is 0. The van der Waals surface area contributed by atoms with Crippen LogP contribution in [0.3, 0.4) is 0 Å². The Labute approximate surface area is 136 Å². The fraction of sp³-hybridized carbons (Fsp3) is 0.200. The first-order valence-electron chi connectivity index (χ1n) is 6.12. The van der Waals surface area contributed by atoms with Crippen molar-refractivity contribution < 1.29 is 9.47 Å². The van der Waals surface area contributed by atoms with E-state index >= 15 is 0 Å². The summed E-state index contributed by atoms with van der Waals surface area (Å²) in [6.45, 7) is 10.4. The van der Waals surface area contributed by atoms with Crippen molar-refractivity contribution in [1.82, 2.24) is 9.78 Å². The first-order chi connectivity index (χ1) is 11.2. The minimum absolute atomic E-state index is 0.494. The number of ether oxygens (including phenoxy) is 2. The monoisotopic (exact) mass is 316 g/mol. The van der Waals surface area contributed by atoms with Gasteiger partial charge in [-0.15, -0.1) is 0 Å². The largest absolute Gasteiger partial charge is 0.493 e. The number of benzene rings is 1. The molecule has 1 heterocycles. The van der Waals surface area contributed by atoms with Gasteiger partial charge >= 0.3 is 0 Å². The molecule has 122 valence electrons. The minimum atomic E-state index is 0.494. The van der Waals surface area contributed by atoms with Gasteiger partial charge in [-0.2, -0.15) is 10.2 Å². The van der Waals surface area contributed by atoms with E-state index in [4.69, 9.17) is 20.0 Å². The van der Waals surface area contributed by atoms with E-state index in [9.17, 15) is 0 Å². The number of nitrogens with two attached hydrogens (primary N) is 1. The van der Waals surface area contributed by atoms with Gasteiger partial charge in [0.05, 0.1) is 13.3 Å². The van der Waals surface area contributed by atoms with Crippen LogP contribution in [0.4, 0.5) is 0 Å². The van der Waals surface area contributed by atoms with Crippen LogP contribution < -0.4 is 15.3 Å².